The lowest BCUT2D eigenvalue weighted by molar-refractivity contribution is -0.170. The van der Waals surface area contributed by atoms with E-state index in [0.29, 0.717) is 5.75 Å². The molecule has 0 unspecified atom stereocenters. The van der Waals surface area contributed by atoms with Gasteiger partial charge in [0.25, 0.3) is 0 Å². The number of methoxy groups -OCH3 is 1. The Kier molecular flexibility index (Phi) is 2.65. The van der Waals surface area contributed by atoms with Crippen molar-refractivity contribution >= 4 is 5.97 Å². The quantitative estimate of drug-likeness (QED) is 0.746. The van der Waals surface area contributed by atoms with Crippen molar-refractivity contribution in [2.24, 2.45) is 0 Å². The minimum atomic E-state index is -3.69. The number of ether oxygens (including phenoxy) is 3. The van der Waals surface area contributed by atoms with Crippen LogP contribution in [-0.2, 0) is 15.5 Å². The smallest absolute Gasteiger partial charge is 0.381 e. The Labute approximate surface area is 96.1 Å². The first-order valence-electron chi connectivity index (χ1n) is 4.83. The van der Waals surface area contributed by atoms with Crippen LogP contribution < -0.4 is 9.47 Å². The third-order valence-corrected chi connectivity index (χ3v) is 2.50. The Hall–Kier alpha value is -1.85. The Bertz CT molecular complexity index is 471. The number of esters is 1. The zero-order valence-electron chi connectivity index (χ0n) is 9.25. The van der Waals surface area contributed by atoms with Gasteiger partial charge in [0.1, 0.15) is 0 Å². The molecule has 0 bridgehead atoms. The molecule has 0 aliphatic carbocycles. The number of carbonyl (C=O) groups is 1. The van der Waals surface area contributed by atoms with Crippen molar-refractivity contribution in [2.45, 2.75) is 12.8 Å². The summed E-state index contributed by atoms with van der Waals surface area (Å²) in [5.41, 5.74) is -0.196. The monoisotopic (exact) mass is 244 g/mol. The van der Waals surface area contributed by atoms with E-state index in [-0.39, 0.29) is 18.1 Å². The maximum Gasteiger partial charge on any atom is 0.381 e. The molecule has 6 heteroatoms. The van der Waals surface area contributed by atoms with Crippen LogP contribution >= 0.6 is 0 Å². The molecule has 0 amide bonds. The second-order valence-corrected chi connectivity index (χ2v) is 3.59. The molecule has 2 rings (SSSR count). The van der Waals surface area contributed by atoms with E-state index in [2.05, 4.69) is 4.74 Å². The largest absolute Gasteiger partial charge is 0.464 e. The highest BCUT2D eigenvalue weighted by Gasteiger charge is 2.44. The fraction of sp³-hybridized carbons (Fsp3) is 0.364. The van der Waals surface area contributed by atoms with Crippen molar-refractivity contribution in [3.05, 3.63) is 23.3 Å². The first-order valence-corrected chi connectivity index (χ1v) is 4.83. The van der Waals surface area contributed by atoms with Crippen LogP contribution in [0.25, 0.3) is 0 Å². The Morgan fingerprint density at radius 2 is 1.94 bits per heavy atom. The lowest BCUT2D eigenvalue weighted by Gasteiger charge is -2.16. The lowest BCUT2D eigenvalue weighted by atomic mass is 10.0. The summed E-state index contributed by atoms with van der Waals surface area (Å²) in [6.45, 7) is 1.45. The molecule has 0 saturated heterocycles. The number of benzene rings is 1. The van der Waals surface area contributed by atoms with Crippen LogP contribution in [0.1, 0.15) is 11.1 Å². The lowest BCUT2D eigenvalue weighted by Crippen LogP contribution is -2.28. The van der Waals surface area contributed by atoms with Gasteiger partial charge >= 0.3 is 11.9 Å². The van der Waals surface area contributed by atoms with Crippen LogP contribution in [0.3, 0.4) is 0 Å². The molecular formula is C11H10F2O4. The molecule has 0 spiro atoms. The van der Waals surface area contributed by atoms with Gasteiger partial charge < -0.3 is 14.2 Å². The normalized spacial score (nSPS) is 13.6. The van der Waals surface area contributed by atoms with E-state index in [1.165, 1.54) is 13.0 Å². The number of aryl methyl sites for hydroxylation is 1. The number of halogens is 2. The van der Waals surface area contributed by atoms with Gasteiger partial charge in [-0.1, -0.05) is 0 Å². The van der Waals surface area contributed by atoms with Crippen LogP contribution in [0.2, 0.25) is 0 Å². The van der Waals surface area contributed by atoms with E-state index in [1.807, 2.05) is 0 Å². The predicted octanol–water partition coefficient (Wildman–Crippen LogP) is 1.99. The van der Waals surface area contributed by atoms with Gasteiger partial charge in [0.2, 0.25) is 6.79 Å². The number of alkyl halides is 2. The molecule has 0 N–H and O–H groups in total. The molecule has 92 valence electrons. The maximum atomic E-state index is 13.7. The van der Waals surface area contributed by atoms with Gasteiger partial charge in [-0.2, -0.15) is 8.78 Å². The fourth-order valence-corrected chi connectivity index (χ4v) is 1.62. The van der Waals surface area contributed by atoms with Crippen molar-refractivity contribution in [1.29, 1.82) is 0 Å². The summed E-state index contributed by atoms with van der Waals surface area (Å²) < 4.78 is 41.5. The highest BCUT2D eigenvalue weighted by Crippen LogP contribution is 2.40. The highest BCUT2D eigenvalue weighted by atomic mass is 19.3. The fourth-order valence-electron chi connectivity index (χ4n) is 1.62. The molecule has 0 radical (unpaired) electrons. The minimum Gasteiger partial charge on any atom is -0.464 e. The first kappa shape index (κ1) is 11.6. The summed E-state index contributed by atoms with van der Waals surface area (Å²) >= 11 is 0. The van der Waals surface area contributed by atoms with Gasteiger partial charge in [0.05, 0.1) is 7.11 Å². The summed E-state index contributed by atoms with van der Waals surface area (Å²) in [5.74, 6) is -4.69. The summed E-state index contributed by atoms with van der Waals surface area (Å²) in [6, 6.07) is 2.52. The van der Waals surface area contributed by atoms with Crippen molar-refractivity contribution in [3.63, 3.8) is 0 Å². The van der Waals surface area contributed by atoms with Gasteiger partial charge in [-0.25, -0.2) is 4.79 Å². The van der Waals surface area contributed by atoms with Crippen LogP contribution in [-0.4, -0.2) is 19.9 Å². The van der Waals surface area contributed by atoms with Crippen molar-refractivity contribution in [2.75, 3.05) is 13.9 Å². The molecule has 0 fully saturated rings. The minimum absolute atomic E-state index is 0.0119. The Balaban J connectivity index is 2.49. The van der Waals surface area contributed by atoms with Crippen LogP contribution in [0.4, 0.5) is 8.78 Å². The number of fused-ring (bicyclic) bond motifs is 1. The maximum absolute atomic E-state index is 13.7. The number of hydrogen-bond donors (Lipinski definition) is 0. The molecular weight excluding hydrogens is 234 g/mol. The number of rotatable bonds is 2. The van der Waals surface area contributed by atoms with E-state index in [1.54, 1.807) is 0 Å². The van der Waals surface area contributed by atoms with E-state index in [4.69, 9.17) is 9.47 Å². The molecule has 1 aliphatic rings. The van der Waals surface area contributed by atoms with E-state index < -0.39 is 17.5 Å². The Morgan fingerprint density at radius 1 is 1.35 bits per heavy atom. The summed E-state index contributed by atoms with van der Waals surface area (Å²) in [4.78, 5) is 11.0. The van der Waals surface area contributed by atoms with Gasteiger partial charge in [0, 0.05) is 5.56 Å². The summed E-state index contributed by atoms with van der Waals surface area (Å²) in [6.07, 6.45) is 0. The van der Waals surface area contributed by atoms with Gasteiger partial charge in [-0.05, 0) is 24.6 Å². The Morgan fingerprint density at radius 3 is 2.53 bits per heavy atom. The van der Waals surface area contributed by atoms with Gasteiger partial charge in [-0.3, -0.25) is 0 Å². The van der Waals surface area contributed by atoms with Crippen molar-refractivity contribution in [1.82, 2.24) is 0 Å². The average Bonchev–Trinajstić information content (AvgIpc) is 2.73. The summed E-state index contributed by atoms with van der Waals surface area (Å²) in [7, 11) is 0.915. The summed E-state index contributed by atoms with van der Waals surface area (Å²) in [5, 5.41) is 0. The third-order valence-electron chi connectivity index (χ3n) is 2.50. The van der Waals surface area contributed by atoms with Crippen LogP contribution in [0.15, 0.2) is 12.1 Å². The molecule has 4 nitrogen and oxygen atoms in total. The second kappa shape index (κ2) is 3.87. The molecule has 1 heterocycles. The number of carbonyl (C=O) groups excluding carboxylic acids is 1. The zero-order chi connectivity index (χ0) is 12.6. The van der Waals surface area contributed by atoms with Crippen LogP contribution in [0.5, 0.6) is 11.5 Å². The van der Waals surface area contributed by atoms with E-state index in [0.717, 1.165) is 13.2 Å². The van der Waals surface area contributed by atoms with Gasteiger partial charge in [0.15, 0.2) is 11.5 Å². The number of hydrogen-bond acceptors (Lipinski definition) is 4. The molecule has 1 aromatic rings. The van der Waals surface area contributed by atoms with Gasteiger partial charge in [-0.15, -0.1) is 0 Å². The third kappa shape index (κ3) is 1.79. The van der Waals surface area contributed by atoms with Crippen LogP contribution in [0, 0.1) is 6.92 Å². The van der Waals surface area contributed by atoms with E-state index >= 15 is 0 Å². The first-order chi connectivity index (χ1) is 7.96. The molecule has 0 atom stereocenters. The second-order valence-electron chi connectivity index (χ2n) is 3.59. The highest BCUT2D eigenvalue weighted by molar-refractivity contribution is 5.80. The van der Waals surface area contributed by atoms with E-state index in [9.17, 15) is 13.6 Å². The molecule has 1 aromatic carbocycles. The topological polar surface area (TPSA) is 44.8 Å². The SMILES string of the molecule is COC(=O)C(F)(F)c1cc2c(cc1C)OCO2. The van der Waals surface area contributed by atoms with Crippen molar-refractivity contribution in [3.8, 4) is 11.5 Å². The predicted molar refractivity (Wildman–Crippen MR) is 53.2 cm³/mol. The zero-order valence-corrected chi connectivity index (χ0v) is 9.25. The molecule has 0 aromatic heterocycles. The molecule has 17 heavy (non-hydrogen) atoms. The standard InChI is InChI=1S/C11H10F2O4/c1-6-3-8-9(17-5-16-8)4-7(6)11(12,13)10(14)15-2/h3-4H,5H2,1-2H3. The molecule has 0 saturated carbocycles. The van der Waals surface area contributed by atoms with Crippen molar-refractivity contribution < 1.29 is 27.8 Å². The average molecular weight is 244 g/mol. The molecule has 1 aliphatic heterocycles.